The second-order valence-corrected chi connectivity index (χ2v) is 14.3. The van der Waals surface area contributed by atoms with Crippen LogP contribution in [0.1, 0.15) is 177 Å². The van der Waals surface area contributed by atoms with Gasteiger partial charge < -0.3 is 5.32 Å². The average Bonchev–Trinajstić information content (AvgIpc) is 3.06. The summed E-state index contributed by atoms with van der Waals surface area (Å²) in [6.07, 6.45) is 32.0. The standard InChI is InChI=1S/C42H67NS2/c1-3-5-7-9-11-13-15-17-19-21-23-37-25-29-39(30-26-37)41(44)33-35-43-36-34-42(45)40-31-27-38(28-32-40)24-22-20-18-16-14-12-10-8-6-4-2/h25-32,43H,3-24,33-36H2,1-2H3. The number of nitrogens with one attached hydrogen (secondary N) is 1. The Morgan fingerprint density at radius 3 is 1.02 bits per heavy atom. The van der Waals surface area contributed by atoms with E-state index in [1.54, 1.807) is 0 Å². The van der Waals surface area contributed by atoms with Crippen LogP contribution in [-0.2, 0) is 12.8 Å². The molecule has 0 bridgehead atoms. The average molecular weight is 650 g/mol. The Morgan fingerprint density at radius 1 is 0.422 bits per heavy atom. The van der Waals surface area contributed by atoms with Crippen LogP contribution in [0.5, 0.6) is 0 Å². The van der Waals surface area contributed by atoms with Gasteiger partial charge in [-0.25, -0.2) is 0 Å². The van der Waals surface area contributed by atoms with Crippen LogP contribution >= 0.6 is 24.4 Å². The summed E-state index contributed by atoms with van der Waals surface area (Å²) in [5.74, 6) is 0. The van der Waals surface area contributed by atoms with Crippen LogP contribution in [0, 0.1) is 0 Å². The minimum absolute atomic E-state index is 0.896. The molecule has 3 heteroatoms. The fraction of sp³-hybridized carbons (Fsp3) is 0.667. The molecule has 0 radical (unpaired) electrons. The van der Waals surface area contributed by atoms with Crippen molar-refractivity contribution < 1.29 is 0 Å². The molecule has 252 valence electrons. The quantitative estimate of drug-likeness (QED) is 0.0514. The Labute approximate surface area is 290 Å². The summed E-state index contributed by atoms with van der Waals surface area (Å²) in [7, 11) is 0. The van der Waals surface area contributed by atoms with Gasteiger partial charge >= 0.3 is 0 Å². The van der Waals surface area contributed by atoms with E-state index >= 15 is 0 Å². The van der Waals surface area contributed by atoms with Gasteiger partial charge in [0.15, 0.2) is 0 Å². The third-order valence-electron chi connectivity index (χ3n) is 9.25. The van der Waals surface area contributed by atoms with Crippen LogP contribution in [0.25, 0.3) is 0 Å². The van der Waals surface area contributed by atoms with E-state index in [1.807, 2.05) is 0 Å². The molecule has 0 atom stereocenters. The van der Waals surface area contributed by atoms with E-state index in [2.05, 4.69) is 67.7 Å². The van der Waals surface area contributed by atoms with Gasteiger partial charge in [0.2, 0.25) is 0 Å². The first kappa shape index (κ1) is 39.8. The number of thiocarbonyl (C=S) groups is 2. The molecule has 0 aliphatic rings. The number of aryl methyl sites for hydroxylation is 2. The van der Waals surface area contributed by atoms with Crippen LogP contribution < -0.4 is 5.32 Å². The van der Waals surface area contributed by atoms with Crippen molar-refractivity contribution in [2.75, 3.05) is 13.1 Å². The number of benzene rings is 2. The van der Waals surface area contributed by atoms with E-state index in [9.17, 15) is 0 Å². The molecule has 0 unspecified atom stereocenters. The predicted octanol–water partition coefficient (Wildman–Crippen LogP) is 13.1. The normalized spacial score (nSPS) is 11.2. The molecule has 0 amide bonds. The molecule has 1 N–H and O–H groups in total. The zero-order valence-corrected chi connectivity index (χ0v) is 31.0. The van der Waals surface area contributed by atoms with E-state index in [-0.39, 0.29) is 0 Å². The molecule has 2 aromatic carbocycles. The summed E-state index contributed by atoms with van der Waals surface area (Å²) in [5, 5.41) is 3.56. The van der Waals surface area contributed by atoms with Crippen LogP contribution in [-0.4, -0.2) is 22.8 Å². The van der Waals surface area contributed by atoms with E-state index in [4.69, 9.17) is 24.4 Å². The monoisotopic (exact) mass is 649 g/mol. The maximum Gasteiger partial charge on any atom is 0.0237 e. The van der Waals surface area contributed by atoms with Gasteiger partial charge in [0.05, 0.1) is 0 Å². The third kappa shape index (κ3) is 20.4. The molecule has 0 aliphatic heterocycles. The van der Waals surface area contributed by atoms with Gasteiger partial charge in [0, 0.05) is 22.8 Å². The summed E-state index contributed by atoms with van der Waals surface area (Å²) in [6, 6.07) is 18.0. The SMILES string of the molecule is CCCCCCCCCCCCc1ccc(C(=S)CCNCCC(=S)c2ccc(CCCCCCCCCCCC)cc2)cc1. The number of rotatable bonds is 30. The van der Waals surface area contributed by atoms with Crippen molar-refractivity contribution in [3.8, 4) is 0 Å². The fourth-order valence-electron chi connectivity index (χ4n) is 6.17. The van der Waals surface area contributed by atoms with E-state index in [0.717, 1.165) is 35.7 Å². The summed E-state index contributed by atoms with van der Waals surface area (Å²) in [4.78, 5) is 2.10. The van der Waals surface area contributed by atoms with Crippen molar-refractivity contribution in [1.29, 1.82) is 0 Å². The zero-order valence-electron chi connectivity index (χ0n) is 29.3. The number of unbranched alkanes of at least 4 members (excludes halogenated alkanes) is 18. The summed E-state index contributed by atoms with van der Waals surface area (Å²) in [5.41, 5.74) is 5.29. The van der Waals surface area contributed by atoms with Crippen molar-refractivity contribution in [1.82, 2.24) is 5.32 Å². The Kier molecular flexibility index (Phi) is 24.4. The maximum atomic E-state index is 5.74. The van der Waals surface area contributed by atoms with E-state index in [1.165, 1.54) is 164 Å². The Balaban J connectivity index is 1.48. The third-order valence-corrected chi connectivity index (χ3v) is 10.1. The molecule has 0 saturated carbocycles. The Hall–Kier alpha value is -1.42. The van der Waals surface area contributed by atoms with E-state index < -0.39 is 0 Å². The highest BCUT2D eigenvalue weighted by Gasteiger charge is 2.05. The molecule has 2 aromatic rings. The molecule has 1 nitrogen and oxygen atoms in total. The lowest BCUT2D eigenvalue weighted by atomic mass is 10.0. The van der Waals surface area contributed by atoms with Gasteiger partial charge in [0.1, 0.15) is 0 Å². The van der Waals surface area contributed by atoms with Gasteiger partial charge in [0.25, 0.3) is 0 Å². The van der Waals surface area contributed by atoms with Gasteiger partial charge in [-0.05, 0) is 60.8 Å². The van der Waals surface area contributed by atoms with Gasteiger partial charge in [-0.3, -0.25) is 0 Å². The highest BCUT2D eigenvalue weighted by atomic mass is 32.1. The topological polar surface area (TPSA) is 12.0 Å². The van der Waals surface area contributed by atoms with Crippen molar-refractivity contribution in [2.45, 2.75) is 168 Å². The van der Waals surface area contributed by atoms with Gasteiger partial charge in [-0.15, -0.1) is 0 Å². The van der Waals surface area contributed by atoms with Crippen molar-refractivity contribution in [3.63, 3.8) is 0 Å². The maximum absolute atomic E-state index is 5.74. The fourth-order valence-corrected chi connectivity index (χ4v) is 6.64. The zero-order chi connectivity index (χ0) is 32.2. The lowest BCUT2D eigenvalue weighted by Crippen LogP contribution is -2.21. The van der Waals surface area contributed by atoms with Crippen molar-refractivity contribution >= 4 is 34.2 Å². The largest absolute Gasteiger partial charge is 0.316 e. The summed E-state index contributed by atoms with van der Waals surface area (Å²) >= 11 is 11.5. The molecule has 0 heterocycles. The van der Waals surface area contributed by atoms with Crippen LogP contribution in [0.4, 0.5) is 0 Å². The molecule has 0 aromatic heterocycles. The Bertz CT molecular complexity index is 913. The highest BCUT2D eigenvalue weighted by molar-refractivity contribution is 7.81. The highest BCUT2D eigenvalue weighted by Crippen LogP contribution is 2.16. The number of hydrogen-bond acceptors (Lipinski definition) is 3. The van der Waals surface area contributed by atoms with Crippen molar-refractivity contribution in [2.24, 2.45) is 0 Å². The first-order valence-corrected chi connectivity index (χ1v) is 19.9. The second-order valence-electron chi connectivity index (χ2n) is 13.4. The molecular formula is C42H67NS2. The minimum Gasteiger partial charge on any atom is -0.316 e. The van der Waals surface area contributed by atoms with E-state index in [0.29, 0.717) is 0 Å². The molecule has 0 fully saturated rings. The molecular weight excluding hydrogens is 583 g/mol. The molecule has 2 rings (SSSR count). The van der Waals surface area contributed by atoms with Gasteiger partial charge in [-0.1, -0.05) is 202 Å². The first-order chi connectivity index (χ1) is 22.1. The number of hydrogen-bond donors (Lipinski definition) is 1. The van der Waals surface area contributed by atoms with Gasteiger partial charge in [-0.2, -0.15) is 0 Å². The predicted molar refractivity (Wildman–Crippen MR) is 209 cm³/mol. The molecule has 45 heavy (non-hydrogen) atoms. The minimum atomic E-state index is 0.896. The smallest absolute Gasteiger partial charge is 0.0237 e. The van der Waals surface area contributed by atoms with Crippen LogP contribution in [0.15, 0.2) is 48.5 Å². The van der Waals surface area contributed by atoms with Crippen molar-refractivity contribution in [3.05, 3.63) is 70.8 Å². The van der Waals surface area contributed by atoms with Crippen LogP contribution in [0.3, 0.4) is 0 Å². The summed E-state index contributed by atoms with van der Waals surface area (Å²) in [6.45, 7) is 6.38. The second kappa shape index (κ2) is 27.7. The summed E-state index contributed by atoms with van der Waals surface area (Å²) < 4.78 is 0. The lowest BCUT2D eigenvalue weighted by molar-refractivity contribution is 0.556. The van der Waals surface area contributed by atoms with Crippen LogP contribution in [0.2, 0.25) is 0 Å². The molecule has 0 saturated heterocycles. The Morgan fingerprint density at radius 2 is 0.711 bits per heavy atom. The first-order valence-electron chi connectivity index (χ1n) is 19.1. The lowest BCUT2D eigenvalue weighted by Gasteiger charge is -2.09. The molecule has 0 spiro atoms. The molecule has 0 aliphatic carbocycles.